The van der Waals surface area contributed by atoms with E-state index in [9.17, 15) is 22.8 Å². The molecule has 0 radical (unpaired) electrons. The van der Waals surface area contributed by atoms with Gasteiger partial charge in [0.25, 0.3) is 0 Å². The normalized spacial score (nSPS) is 16.2. The molecule has 2 N–H and O–H groups in total. The molecule has 12 heteroatoms. The van der Waals surface area contributed by atoms with Gasteiger partial charge >= 0.3 is 0 Å². The molecule has 0 aliphatic carbocycles. The molecule has 9 nitrogen and oxygen atoms in total. The van der Waals surface area contributed by atoms with Crippen LogP contribution in [-0.2, 0) is 16.1 Å². The Morgan fingerprint density at radius 3 is 2.48 bits per heavy atom. The summed E-state index contributed by atoms with van der Waals surface area (Å²) in [4.78, 5) is 28.5. The average molecular weight is 440 g/mol. The number of carbonyl (C=O) groups excluding carboxylic acids is 2. The number of hydrogen-bond donors (Lipinski definition) is 2. The number of halogens is 3. The molecule has 0 bridgehead atoms. The Morgan fingerprint density at radius 2 is 1.84 bits per heavy atom. The van der Waals surface area contributed by atoms with Crippen LogP contribution in [0.5, 0.6) is 0 Å². The van der Waals surface area contributed by atoms with Crippen molar-refractivity contribution in [3.8, 4) is 0 Å². The van der Waals surface area contributed by atoms with E-state index in [4.69, 9.17) is 4.63 Å². The minimum atomic E-state index is -1.68. The standard InChI is InChI=1S/C19H23F3N6O3/c1-11-15(26-31-25-11)10-27-5-7-28(8-6-27)12(2)19(30)23-9-16(29)24-14-4-3-13(20)17(21)18(14)22/h3-4,12H,5-10H2,1-2H3,(H,23,30)(H,24,29). The Kier molecular flexibility index (Phi) is 7.23. The highest BCUT2D eigenvalue weighted by atomic mass is 19.2. The van der Waals surface area contributed by atoms with Crippen molar-refractivity contribution in [1.82, 2.24) is 25.4 Å². The molecule has 1 saturated heterocycles. The van der Waals surface area contributed by atoms with E-state index in [-0.39, 0.29) is 5.91 Å². The van der Waals surface area contributed by atoms with Gasteiger partial charge in [-0.3, -0.25) is 19.4 Å². The summed E-state index contributed by atoms with van der Waals surface area (Å²) in [5.41, 5.74) is 1.03. The van der Waals surface area contributed by atoms with Gasteiger partial charge in [-0.1, -0.05) is 10.3 Å². The quantitative estimate of drug-likeness (QED) is 0.621. The minimum Gasteiger partial charge on any atom is -0.346 e. The Morgan fingerprint density at radius 1 is 1.13 bits per heavy atom. The molecule has 0 spiro atoms. The topological polar surface area (TPSA) is 104 Å². The highest BCUT2D eigenvalue weighted by Crippen LogP contribution is 2.19. The second-order valence-corrected chi connectivity index (χ2v) is 7.27. The van der Waals surface area contributed by atoms with Crippen molar-refractivity contribution in [2.45, 2.75) is 26.4 Å². The first kappa shape index (κ1) is 22.7. The van der Waals surface area contributed by atoms with Crippen LogP contribution in [0.1, 0.15) is 18.3 Å². The molecule has 1 aromatic heterocycles. The van der Waals surface area contributed by atoms with Gasteiger partial charge < -0.3 is 10.6 Å². The van der Waals surface area contributed by atoms with E-state index in [0.29, 0.717) is 25.7 Å². The fourth-order valence-corrected chi connectivity index (χ4v) is 3.21. The molecular weight excluding hydrogens is 417 g/mol. The van der Waals surface area contributed by atoms with Crippen molar-refractivity contribution in [3.63, 3.8) is 0 Å². The number of aryl methyl sites for hydroxylation is 1. The Bertz CT molecular complexity index is 946. The summed E-state index contributed by atoms with van der Waals surface area (Å²) >= 11 is 0. The summed E-state index contributed by atoms with van der Waals surface area (Å²) in [7, 11) is 0. The number of aromatic nitrogens is 2. The number of piperazine rings is 1. The van der Waals surface area contributed by atoms with Gasteiger partial charge in [0, 0.05) is 32.7 Å². The lowest BCUT2D eigenvalue weighted by molar-refractivity contribution is -0.128. The molecule has 31 heavy (non-hydrogen) atoms. The molecule has 2 heterocycles. The van der Waals surface area contributed by atoms with Crippen LogP contribution in [0.3, 0.4) is 0 Å². The molecule has 1 aliphatic rings. The number of hydrogen-bond acceptors (Lipinski definition) is 7. The largest absolute Gasteiger partial charge is 0.346 e. The van der Waals surface area contributed by atoms with Gasteiger partial charge in [0.05, 0.1) is 18.3 Å². The third-order valence-electron chi connectivity index (χ3n) is 5.19. The van der Waals surface area contributed by atoms with Gasteiger partial charge in [-0.05, 0) is 26.0 Å². The lowest BCUT2D eigenvalue weighted by Crippen LogP contribution is -2.54. The first-order chi connectivity index (χ1) is 14.8. The van der Waals surface area contributed by atoms with E-state index in [1.807, 2.05) is 11.8 Å². The first-order valence-electron chi connectivity index (χ1n) is 9.71. The highest BCUT2D eigenvalue weighted by Gasteiger charge is 2.26. The van der Waals surface area contributed by atoms with Crippen LogP contribution >= 0.6 is 0 Å². The van der Waals surface area contributed by atoms with Crippen LogP contribution in [0.25, 0.3) is 0 Å². The minimum absolute atomic E-state index is 0.370. The van der Waals surface area contributed by atoms with Crippen LogP contribution in [0.15, 0.2) is 16.8 Å². The zero-order chi connectivity index (χ0) is 22.5. The maximum atomic E-state index is 13.6. The first-order valence-corrected chi connectivity index (χ1v) is 9.71. The molecule has 2 amide bonds. The molecule has 1 unspecified atom stereocenters. The Hall–Kier alpha value is -2.99. The summed E-state index contributed by atoms with van der Waals surface area (Å²) in [5.74, 6) is -5.66. The smallest absolute Gasteiger partial charge is 0.243 e. The second kappa shape index (κ2) is 9.88. The molecule has 3 rings (SSSR count). The van der Waals surface area contributed by atoms with Gasteiger partial charge in [0.1, 0.15) is 11.4 Å². The zero-order valence-corrected chi connectivity index (χ0v) is 17.1. The lowest BCUT2D eigenvalue weighted by atomic mass is 10.2. The molecular formula is C19H23F3N6O3. The Labute approximate surface area is 176 Å². The van der Waals surface area contributed by atoms with Gasteiger partial charge in [-0.15, -0.1) is 0 Å². The van der Waals surface area contributed by atoms with Crippen molar-refractivity contribution in [3.05, 3.63) is 41.0 Å². The molecule has 1 atom stereocenters. The third-order valence-corrected chi connectivity index (χ3v) is 5.19. The van der Waals surface area contributed by atoms with E-state index in [1.54, 1.807) is 6.92 Å². The number of anilines is 1. The third kappa shape index (κ3) is 5.58. The number of nitrogens with zero attached hydrogens (tertiary/aromatic N) is 4. The maximum Gasteiger partial charge on any atom is 0.243 e. The summed E-state index contributed by atoms with van der Waals surface area (Å²) in [6, 6.07) is 1.13. The van der Waals surface area contributed by atoms with E-state index in [2.05, 4.69) is 25.8 Å². The van der Waals surface area contributed by atoms with E-state index < -0.39 is 41.6 Å². The molecule has 168 valence electrons. The zero-order valence-electron chi connectivity index (χ0n) is 17.1. The monoisotopic (exact) mass is 440 g/mol. The van der Waals surface area contributed by atoms with Crippen LogP contribution in [0, 0.1) is 24.4 Å². The van der Waals surface area contributed by atoms with E-state index >= 15 is 0 Å². The van der Waals surface area contributed by atoms with Crippen molar-refractivity contribution in [2.24, 2.45) is 0 Å². The molecule has 2 aromatic rings. The average Bonchev–Trinajstić information content (AvgIpc) is 3.16. The summed E-state index contributed by atoms with van der Waals surface area (Å²) in [6.45, 7) is 6.47. The second-order valence-electron chi connectivity index (χ2n) is 7.27. The van der Waals surface area contributed by atoms with Crippen molar-refractivity contribution in [2.75, 3.05) is 38.0 Å². The predicted octanol–water partition coefficient (Wildman–Crippen LogP) is 1.06. The number of nitrogens with one attached hydrogen (secondary N) is 2. The Balaban J connectivity index is 1.43. The molecule has 1 fully saturated rings. The van der Waals surface area contributed by atoms with Crippen LogP contribution in [0.2, 0.25) is 0 Å². The van der Waals surface area contributed by atoms with E-state index in [0.717, 1.165) is 30.5 Å². The van der Waals surface area contributed by atoms with Crippen molar-refractivity contribution < 1.29 is 27.4 Å². The van der Waals surface area contributed by atoms with Gasteiger partial charge in [-0.2, -0.15) is 0 Å². The van der Waals surface area contributed by atoms with Crippen LogP contribution < -0.4 is 10.6 Å². The van der Waals surface area contributed by atoms with E-state index in [1.165, 1.54) is 0 Å². The van der Waals surface area contributed by atoms with Gasteiger partial charge in [0.15, 0.2) is 17.5 Å². The summed E-state index contributed by atoms with van der Waals surface area (Å²) < 4.78 is 44.5. The van der Waals surface area contributed by atoms with Gasteiger partial charge in [-0.25, -0.2) is 17.8 Å². The highest BCUT2D eigenvalue weighted by molar-refractivity contribution is 5.95. The van der Waals surface area contributed by atoms with Crippen LogP contribution in [0.4, 0.5) is 18.9 Å². The number of benzene rings is 1. The summed E-state index contributed by atoms with van der Waals surface area (Å²) in [6.07, 6.45) is 0. The number of rotatable bonds is 7. The predicted molar refractivity (Wildman–Crippen MR) is 103 cm³/mol. The van der Waals surface area contributed by atoms with Crippen LogP contribution in [-0.4, -0.2) is 70.7 Å². The lowest BCUT2D eigenvalue weighted by Gasteiger charge is -2.37. The number of amides is 2. The fourth-order valence-electron chi connectivity index (χ4n) is 3.21. The fraction of sp³-hybridized carbons (Fsp3) is 0.474. The molecule has 1 aliphatic heterocycles. The molecule has 0 saturated carbocycles. The maximum absolute atomic E-state index is 13.6. The summed E-state index contributed by atoms with van der Waals surface area (Å²) in [5, 5.41) is 12.2. The SMILES string of the molecule is Cc1nonc1CN1CCN(C(C)C(=O)NCC(=O)Nc2ccc(F)c(F)c2F)CC1. The number of carbonyl (C=O) groups is 2. The van der Waals surface area contributed by atoms with Crippen molar-refractivity contribution >= 4 is 17.5 Å². The van der Waals surface area contributed by atoms with Crippen molar-refractivity contribution in [1.29, 1.82) is 0 Å². The van der Waals surface area contributed by atoms with Gasteiger partial charge in [0.2, 0.25) is 11.8 Å². The molecule has 1 aromatic carbocycles.